The summed E-state index contributed by atoms with van der Waals surface area (Å²) in [7, 11) is 1.57. The molecule has 1 aromatic carbocycles. The van der Waals surface area contributed by atoms with E-state index in [0.29, 0.717) is 18.0 Å². The topological polar surface area (TPSA) is 51.2 Å². The summed E-state index contributed by atoms with van der Waals surface area (Å²) >= 11 is 0. The van der Waals surface area contributed by atoms with Crippen LogP contribution in [0, 0.1) is 13.8 Å². The Labute approximate surface area is 118 Å². The highest BCUT2D eigenvalue weighted by atomic mass is 16.5. The first-order valence-corrected chi connectivity index (χ1v) is 6.45. The molecule has 0 aliphatic carbocycles. The summed E-state index contributed by atoms with van der Waals surface area (Å²) in [5, 5.41) is 2.89. The van der Waals surface area contributed by atoms with E-state index in [9.17, 15) is 4.79 Å². The first kappa shape index (κ1) is 14.1. The summed E-state index contributed by atoms with van der Waals surface area (Å²) in [6.45, 7) is 4.34. The van der Waals surface area contributed by atoms with E-state index < -0.39 is 0 Å². The summed E-state index contributed by atoms with van der Waals surface area (Å²) < 4.78 is 5.16. The molecule has 0 aliphatic heterocycles. The standard InChI is InChI=1S/C16H18N2O2/c1-11-6-7-14(12(2)9-11)15(19)18-10-13-5-4-8-17-16(13)20-3/h4-9H,10H2,1-3H3,(H,18,19). The minimum absolute atomic E-state index is 0.0894. The van der Waals surface area contributed by atoms with Crippen LogP contribution >= 0.6 is 0 Å². The van der Waals surface area contributed by atoms with Crippen LogP contribution in [0.3, 0.4) is 0 Å². The molecule has 1 N–H and O–H groups in total. The maximum absolute atomic E-state index is 12.2. The Hall–Kier alpha value is -2.36. The van der Waals surface area contributed by atoms with Gasteiger partial charge in [-0.3, -0.25) is 4.79 Å². The fraction of sp³-hybridized carbons (Fsp3) is 0.250. The molecule has 104 valence electrons. The number of hydrogen-bond donors (Lipinski definition) is 1. The number of aromatic nitrogens is 1. The third-order valence-electron chi connectivity index (χ3n) is 3.11. The van der Waals surface area contributed by atoms with Gasteiger partial charge in [0.1, 0.15) is 0 Å². The van der Waals surface area contributed by atoms with Crippen molar-refractivity contribution >= 4 is 5.91 Å². The lowest BCUT2D eigenvalue weighted by Crippen LogP contribution is -2.24. The second-order valence-corrected chi connectivity index (χ2v) is 4.67. The molecule has 0 atom stereocenters. The molecule has 0 spiro atoms. The average Bonchev–Trinajstić information content (AvgIpc) is 2.45. The van der Waals surface area contributed by atoms with Crippen LogP contribution in [-0.4, -0.2) is 18.0 Å². The number of ether oxygens (including phenoxy) is 1. The van der Waals surface area contributed by atoms with Gasteiger partial charge in [-0.05, 0) is 31.5 Å². The predicted octanol–water partition coefficient (Wildman–Crippen LogP) is 2.64. The van der Waals surface area contributed by atoms with E-state index in [-0.39, 0.29) is 5.91 Å². The van der Waals surface area contributed by atoms with Crippen molar-refractivity contribution in [2.45, 2.75) is 20.4 Å². The average molecular weight is 270 g/mol. The van der Waals surface area contributed by atoms with Crippen molar-refractivity contribution in [2.24, 2.45) is 0 Å². The quantitative estimate of drug-likeness (QED) is 0.929. The number of nitrogens with one attached hydrogen (secondary N) is 1. The van der Waals surface area contributed by atoms with Crippen LogP contribution in [0.15, 0.2) is 36.5 Å². The van der Waals surface area contributed by atoms with Gasteiger partial charge < -0.3 is 10.1 Å². The number of carbonyl (C=O) groups excluding carboxylic acids is 1. The Bertz CT molecular complexity index is 624. The number of nitrogens with zero attached hydrogens (tertiary/aromatic N) is 1. The third kappa shape index (κ3) is 3.15. The highest BCUT2D eigenvalue weighted by Gasteiger charge is 2.10. The number of methoxy groups -OCH3 is 1. The first-order valence-electron chi connectivity index (χ1n) is 6.45. The lowest BCUT2D eigenvalue weighted by molar-refractivity contribution is 0.0950. The van der Waals surface area contributed by atoms with Gasteiger partial charge in [0.15, 0.2) is 0 Å². The second-order valence-electron chi connectivity index (χ2n) is 4.67. The van der Waals surface area contributed by atoms with E-state index in [0.717, 1.165) is 16.7 Å². The molecule has 0 fully saturated rings. The third-order valence-corrected chi connectivity index (χ3v) is 3.11. The van der Waals surface area contributed by atoms with Crippen molar-refractivity contribution in [3.63, 3.8) is 0 Å². The monoisotopic (exact) mass is 270 g/mol. The maximum Gasteiger partial charge on any atom is 0.251 e. The Kier molecular flexibility index (Phi) is 4.35. The molecule has 0 radical (unpaired) electrons. The fourth-order valence-corrected chi connectivity index (χ4v) is 2.08. The molecule has 4 heteroatoms. The number of hydrogen-bond acceptors (Lipinski definition) is 3. The zero-order valence-corrected chi connectivity index (χ0v) is 11.9. The maximum atomic E-state index is 12.2. The normalized spacial score (nSPS) is 10.2. The van der Waals surface area contributed by atoms with Gasteiger partial charge in [0.05, 0.1) is 7.11 Å². The Morgan fingerprint density at radius 3 is 2.80 bits per heavy atom. The SMILES string of the molecule is COc1ncccc1CNC(=O)c1ccc(C)cc1C. The van der Waals surface area contributed by atoms with Gasteiger partial charge in [0.2, 0.25) is 5.88 Å². The molecular weight excluding hydrogens is 252 g/mol. The van der Waals surface area contributed by atoms with Crippen molar-refractivity contribution in [1.29, 1.82) is 0 Å². The summed E-state index contributed by atoms with van der Waals surface area (Å²) in [5.74, 6) is 0.446. The minimum atomic E-state index is -0.0894. The number of rotatable bonds is 4. The lowest BCUT2D eigenvalue weighted by atomic mass is 10.1. The highest BCUT2D eigenvalue weighted by molar-refractivity contribution is 5.95. The molecule has 0 aliphatic rings. The number of aryl methyl sites for hydroxylation is 2. The second kappa shape index (κ2) is 6.19. The van der Waals surface area contributed by atoms with Crippen LogP contribution < -0.4 is 10.1 Å². The molecule has 0 unspecified atom stereocenters. The molecule has 0 bridgehead atoms. The summed E-state index contributed by atoms with van der Waals surface area (Å²) in [6, 6.07) is 9.49. The van der Waals surface area contributed by atoms with Gasteiger partial charge in [0.25, 0.3) is 5.91 Å². The number of benzene rings is 1. The van der Waals surface area contributed by atoms with Crippen LogP contribution in [0.1, 0.15) is 27.0 Å². The molecular formula is C16H18N2O2. The van der Waals surface area contributed by atoms with Crippen LogP contribution in [0.4, 0.5) is 0 Å². The van der Waals surface area contributed by atoms with Crippen molar-refractivity contribution in [2.75, 3.05) is 7.11 Å². The van der Waals surface area contributed by atoms with E-state index in [2.05, 4.69) is 10.3 Å². The van der Waals surface area contributed by atoms with E-state index in [1.54, 1.807) is 13.3 Å². The van der Waals surface area contributed by atoms with Gasteiger partial charge in [-0.15, -0.1) is 0 Å². The van der Waals surface area contributed by atoms with Gasteiger partial charge >= 0.3 is 0 Å². The molecule has 0 saturated heterocycles. The van der Waals surface area contributed by atoms with Crippen molar-refractivity contribution in [1.82, 2.24) is 10.3 Å². The summed E-state index contributed by atoms with van der Waals surface area (Å²) in [4.78, 5) is 16.3. The van der Waals surface area contributed by atoms with Crippen molar-refractivity contribution < 1.29 is 9.53 Å². The molecule has 1 amide bonds. The predicted molar refractivity (Wildman–Crippen MR) is 77.9 cm³/mol. The zero-order chi connectivity index (χ0) is 14.5. The number of pyridine rings is 1. The van der Waals surface area contributed by atoms with E-state index in [1.165, 1.54) is 0 Å². The molecule has 1 heterocycles. The van der Waals surface area contributed by atoms with E-state index in [4.69, 9.17) is 4.74 Å². The minimum Gasteiger partial charge on any atom is -0.481 e. The van der Waals surface area contributed by atoms with Crippen LogP contribution in [-0.2, 0) is 6.54 Å². The molecule has 2 rings (SSSR count). The molecule has 2 aromatic rings. The van der Waals surface area contributed by atoms with E-state index >= 15 is 0 Å². The van der Waals surface area contributed by atoms with Crippen LogP contribution in [0.25, 0.3) is 0 Å². The molecule has 1 aromatic heterocycles. The lowest BCUT2D eigenvalue weighted by Gasteiger charge is -2.10. The first-order chi connectivity index (χ1) is 9.61. The number of carbonyl (C=O) groups is 1. The summed E-state index contributed by atoms with van der Waals surface area (Å²) in [5.41, 5.74) is 3.67. The van der Waals surface area contributed by atoms with Crippen molar-refractivity contribution in [3.05, 3.63) is 58.8 Å². The molecule has 20 heavy (non-hydrogen) atoms. The zero-order valence-electron chi connectivity index (χ0n) is 11.9. The van der Waals surface area contributed by atoms with Crippen molar-refractivity contribution in [3.8, 4) is 5.88 Å². The highest BCUT2D eigenvalue weighted by Crippen LogP contribution is 2.14. The van der Waals surface area contributed by atoms with Gasteiger partial charge in [-0.25, -0.2) is 4.98 Å². The van der Waals surface area contributed by atoms with Gasteiger partial charge in [0, 0.05) is 23.9 Å². The Balaban J connectivity index is 2.09. The fourth-order valence-electron chi connectivity index (χ4n) is 2.08. The van der Waals surface area contributed by atoms with Crippen LogP contribution in [0.2, 0.25) is 0 Å². The molecule has 0 saturated carbocycles. The smallest absolute Gasteiger partial charge is 0.251 e. The molecule has 4 nitrogen and oxygen atoms in total. The van der Waals surface area contributed by atoms with Gasteiger partial charge in [-0.2, -0.15) is 0 Å². The Morgan fingerprint density at radius 2 is 2.10 bits per heavy atom. The van der Waals surface area contributed by atoms with E-state index in [1.807, 2.05) is 44.2 Å². The largest absolute Gasteiger partial charge is 0.481 e. The number of amides is 1. The van der Waals surface area contributed by atoms with Gasteiger partial charge in [-0.1, -0.05) is 23.8 Å². The van der Waals surface area contributed by atoms with Crippen LogP contribution in [0.5, 0.6) is 5.88 Å². The summed E-state index contributed by atoms with van der Waals surface area (Å²) in [6.07, 6.45) is 1.66. The Morgan fingerprint density at radius 1 is 1.30 bits per heavy atom.